The maximum atomic E-state index is 10.9. The highest BCUT2D eigenvalue weighted by Crippen LogP contribution is 2.67. The lowest BCUT2D eigenvalue weighted by Crippen LogP contribution is -2.21. The fourth-order valence-electron chi connectivity index (χ4n) is 1.61. The summed E-state index contributed by atoms with van der Waals surface area (Å²) < 4.78 is 0.738. The van der Waals surface area contributed by atoms with Crippen LogP contribution in [0.3, 0.4) is 0 Å². The van der Waals surface area contributed by atoms with Crippen molar-refractivity contribution in [2.24, 2.45) is 11.3 Å². The Hall–Kier alpha value is 0.460. The average Bonchev–Trinajstić information content (AvgIpc) is 2.35. The highest BCUT2D eigenvalue weighted by Gasteiger charge is 2.74. The maximum absolute atomic E-state index is 10.9. The lowest BCUT2D eigenvalue weighted by Gasteiger charge is -2.03. The summed E-state index contributed by atoms with van der Waals surface area (Å²) in [6, 6.07) is 0. The van der Waals surface area contributed by atoms with Gasteiger partial charge < -0.3 is 5.11 Å². The molecular weight excluding hydrogens is 323 g/mol. The van der Waals surface area contributed by atoms with Gasteiger partial charge in [0.1, 0.15) is 0 Å². The highest BCUT2D eigenvalue weighted by atomic mass is 79.9. The van der Waals surface area contributed by atoms with Crippen molar-refractivity contribution in [3.8, 4) is 0 Å². The SMILES string of the molecule is CC1(C)[C@H](C=C(Br)Br)[C@]1(Cl)C(=O)O. The van der Waals surface area contributed by atoms with E-state index < -0.39 is 16.3 Å². The van der Waals surface area contributed by atoms with Crippen LogP contribution in [-0.4, -0.2) is 16.0 Å². The molecule has 0 heterocycles. The van der Waals surface area contributed by atoms with Crippen LogP contribution < -0.4 is 0 Å². The van der Waals surface area contributed by atoms with Gasteiger partial charge in [-0.2, -0.15) is 0 Å². The fraction of sp³-hybridized carbons (Fsp3) is 0.625. The lowest BCUT2D eigenvalue weighted by molar-refractivity contribution is -0.138. The molecule has 1 saturated carbocycles. The maximum Gasteiger partial charge on any atom is 0.325 e. The molecule has 0 aliphatic heterocycles. The summed E-state index contributed by atoms with van der Waals surface area (Å²) >= 11 is 12.4. The first-order valence-corrected chi connectivity index (χ1v) is 5.66. The molecule has 0 aromatic carbocycles. The summed E-state index contributed by atoms with van der Waals surface area (Å²) in [6.07, 6.45) is 1.78. The van der Waals surface area contributed by atoms with Crippen molar-refractivity contribution < 1.29 is 9.90 Å². The molecule has 2 atom stereocenters. The normalized spacial score (nSPS) is 35.3. The molecule has 0 unspecified atom stereocenters. The Bertz CT molecular complexity index is 284. The molecule has 1 N–H and O–H groups in total. The van der Waals surface area contributed by atoms with E-state index >= 15 is 0 Å². The molecule has 5 heteroatoms. The molecule has 1 fully saturated rings. The van der Waals surface area contributed by atoms with Gasteiger partial charge in [0, 0.05) is 11.3 Å². The predicted octanol–water partition coefficient (Wildman–Crippen LogP) is 3.34. The van der Waals surface area contributed by atoms with Crippen molar-refractivity contribution in [2.75, 3.05) is 0 Å². The lowest BCUT2D eigenvalue weighted by atomic mass is 10.1. The second-order valence-corrected chi connectivity index (χ2v) is 7.04. The molecule has 1 rings (SSSR count). The molecule has 1 aliphatic carbocycles. The number of alkyl halides is 1. The van der Waals surface area contributed by atoms with Crippen molar-refractivity contribution in [3.05, 3.63) is 9.47 Å². The van der Waals surface area contributed by atoms with Crippen molar-refractivity contribution in [1.82, 2.24) is 0 Å². The largest absolute Gasteiger partial charge is 0.480 e. The zero-order valence-corrected chi connectivity index (χ0v) is 11.1. The van der Waals surface area contributed by atoms with E-state index in [-0.39, 0.29) is 5.92 Å². The van der Waals surface area contributed by atoms with Gasteiger partial charge in [0.05, 0.1) is 3.39 Å². The Morgan fingerprint density at radius 1 is 1.54 bits per heavy atom. The molecular formula is C8H9Br2ClO2. The molecule has 74 valence electrons. The molecule has 1 aliphatic rings. The Labute approximate surface area is 98.6 Å². The van der Waals surface area contributed by atoms with Crippen LogP contribution in [0.25, 0.3) is 0 Å². The number of halogens is 3. The fourth-order valence-corrected chi connectivity index (χ4v) is 2.53. The zero-order valence-electron chi connectivity index (χ0n) is 7.14. The number of rotatable bonds is 2. The Morgan fingerprint density at radius 3 is 2.23 bits per heavy atom. The first-order valence-electron chi connectivity index (χ1n) is 3.69. The zero-order chi connectivity index (χ0) is 10.4. The van der Waals surface area contributed by atoms with Crippen molar-refractivity contribution in [1.29, 1.82) is 0 Å². The van der Waals surface area contributed by atoms with E-state index in [1.807, 2.05) is 13.8 Å². The quantitative estimate of drug-likeness (QED) is 0.788. The topological polar surface area (TPSA) is 37.3 Å². The molecule has 0 aromatic heterocycles. The van der Waals surface area contributed by atoms with Crippen molar-refractivity contribution in [2.45, 2.75) is 18.7 Å². The minimum Gasteiger partial charge on any atom is -0.480 e. The molecule has 13 heavy (non-hydrogen) atoms. The van der Waals surface area contributed by atoms with Gasteiger partial charge in [-0.3, -0.25) is 4.79 Å². The Morgan fingerprint density at radius 2 is 2.00 bits per heavy atom. The van der Waals surface area contributed by atoms with Gasteiger partial charge in [-0.05, 0) is 31.9 Å². The molecule has 2 nitrogen and oxygen atoms in total. The molecule has 0 saturated heterocycles. The molecule has 0 bridgehead atoms. The Kier molecular flexibility index (Phi) is 2.88. The van der Waals surface area contributed by atoms with E-state index in [0.29, 0.717) is 0 Å². The number of aliphatic carboxylic acids is 1. The summed E-state index contributed by atoms with van der Waals surface area (Å²) in [4.78, 5) is 9.75. The number of carbonyl (C=O) groups is 1. The van der Waals surface area contributed by atoms with E-state index in [2.05, 4.69) is 31.9 Å². The number of carboxylic acid groups (broad SMARTS) is 1. The number of allylic oxidation sites excluding steroid dienone is 1. The first kappa shape index (κ1) is 11.5. The van der Waals surface area contributed by atoms with Gasteiger partial charge in [0.2, 0.25) is 0 Å². The third kappa shape index (κ3) is 1.57. The van der Waals surface area contributed by atoms with Crippen LogP contribution in [0.5, 0.6) is 0 Å². The molecule has 0 radical (unpaired) electrons. The van der Waals surface area contributed by atoms with Crippen molar-refractivity contribution >= 4 is 49.4 Å². The number of carboxylic acids is 1. The van der Waals surface area contributed by atoms with Crippen LogP contribution in [0.4, 0.5) is 0 Å². The van der Waals surface area contributed by atoms with E-state index in [4.69, 9.17) is 16.7 Å². The predicted molar refractivity (Wildman–Crippen MR) is 59.4 cm³/mol. The van der Waals surface area contributed by atoms with Crippen LogP contribution in [0.1, 0.15) is 13.8 Å². The minimum atomic E-state index is -1.15. The van der Waals surface area contributed by atoms with Crippen LogP contribution >= 0.6 is 43.5 Å². The van der Waals surface area contributed by atoms with E-state index in [1.54, 1.807) is 6.08 Å². The molecule has 0 amide bonds. The van der Waals surface area contributed by atoms with Gasteiger partial charge in [0.15, 0.2) is 4.87 Å². The summed E-state index contributed by atoms with van der Waals surface area (Å²) in [5.41, 5.74) is -0.396. The van der Waals surface area contributed by atoms with Crippen molar-refractivity contribution in [3.63, 3.8) is 0 Å². The number of hydrogen-bond donors (Lipinski definition) is 1. The summed E-state index contributed by atoms with van der Waals surface area (Å²) in [6.45, 7) is 3.69. The number of hydrogen-bond acceptors (Lipinski definition) is 1. The Balaban J connectivity index is 2.95. The van der Waals surface area contributed by atoms with Gasteiger partial charge in [-0.15, -0.1) is 11.6 Å². The van der Waals surface area contributed by atoms with Gasteiger partial charge in [-0.25, -0.2) is 0 Å². The van der Waals surface area contributed by atoms with Crippen LogP contribution in [-0.2, 0) is 4.79 Å². The summed E-state index contributed by atoms with van der Waals surface area (Å²) in [7, 11) is 0. The first-order chi connectivity index (χ1) is 5.74. The summed E-state index contributed by atoms with van der Waals surface area (Å²) in [5.74, 6) is -1.10. The average molecular weight is 332 g/mol. The van der Waals surface area contributed by atoms with E-state index in [0.717, 1.165) is 3.39 Å². The van der Waals surface area contributed by atoms with Gasteiger partial charge in [-0.1, -0.05) is 19.9 Å². The summed E-state index contributed by atoms with van der Waals surface area (Å²) in [5, 5.41) is 8.94. The molecule has 0 spiro atoms. The van der Waals surface area contributed by atoms with Crippen LogP contribution in [0.2, 0.25) is 0 Å². The van der Waals surface area contributed by atoms with Crippen LogP contribution in [0, 0.1) is 11.3 Å². The molecule has 0 aromatic rings. The smallest absolute Gasteiger partial charge is 0.325 e. The van der Waals surface area contributed by atoms with E-state index in [9.17, 15) is 4.79 Å². The standard InChI is InChI=1S/C8H9Br2ClO2/c1-7(2)4(3-5(9)10)8(7,11)6(12)13/h3-4H,1-2H3,(H,12,13)/t4-,8-/m0/s1. The van der Waals surface area contributed by atoms with Crippen LogP contribution in [0.15, 0.2) is 9.47 Å². The van der Waals surface area contributed by atoms with Gasteiger partial charge >= 0.3 is 5.97 Å². The second-order valence-electron chi connectivity index (χ2n) is 3.67. The third-order valence-corrected chi connectivity index (χ3v) is 4.08. The second kappa shape index (κ2) is 3.24. The van der Waals surface area contributed by atoms with E-state index in [1.165, 1.54) is 0 Å². The minimum absolute atomic E-state index is 0.145. The monoisotopic (exact) mass is 330 g/mol. The third-order valence-electron chi connectivity index (χ3n) is 2.66. The highest BCUT2D eigenvalue weighted by molar-refractivity contribution is 9.28. The van der Waals surface area contributed by atoms with Gasteiger partial charge in [0.25, 0.3) is 0 Å².